The predicted octanol–water partition coefficient (Wildman–Crippen LogP) is 2.84. The van der Waals surface area contributed by atoms with Crippen molar-refractivity contribution in [1.29, 1.82) is 0 Å². The summed E-state index contributed by atoms with van der Waals surface area (Å²) >= 11 is 5.83. The third-order valence-electron chi connectivity index (χ3n) is 3.72. The average Bonchev–Trinajstić information content (AvgIpc) is 2.90. The maximum Gasteiger partial charge on any atom is 0.259 e. The van der Waals surface area contributed by atoms with Gasteiger partial charge in [-0.3, -0.25) is 9.10 Å². The molecule has 1 saturated heterocycles. The van der Waals surface area contributed by atoms with E-state index in [4.69, 9.17) is 11.6 Å². The number of phenols is 1. The number of halogens is 1. The van der Waals surface area contributed by atoms with Gasteiger partial charge in [-0.1, -0.05) is 11.6 Å². The first kappa shape index (κ1) is 16.6. The Balaban J connectivity index is 1.77. The number of rotatable bonds is 3. The molecule has 1 fully saturated rings. The largest absolute Gasteiger partial charge is 0.507 e. The van der Waals surface area contributed by atoms with Crippen molar-refractivity contribution in [2.45, 2.75) is 6.42 Å². The molecule has 0 atom stereocenters. The van der Waals surface area contributed by atoms with Crippen molar-refractivity contribution in [3.8, 4) is 5.75 Å². The van der Waals surface area contributed by atoms with Crippen molar-refractivity contribution in [3.05, 3.63) is 53.1 Å². The summed E-state index contributed by atoms with van der Waals surface area (Å²) in [5.41, 5.74) is 1.12. The molecule has 1 amide bonds. The molecule has 1 aliphatic rings. The Hall–Kier alpha value is -2.25. The summed E-state index contributed by atoms with van der Waals surface area (Å²) in [7, 11) is -3.23. The molecular weight excluding hydrogens is 352 g/mol. The summed E-state index contributed by atoms with van der Waals surface area (Å²) < 4.78 is 25.2. The molecule has 3 rings (SSSR count). The number of nitrogens with zero attached hydrogens (tertiary/aromatic N) is 1. The highest BCUT2D eigenvalue weighted by molar-refractivity contribution is 7.93. The minimum absolute atomic E-state index is 0.0636. The lowest BCUT2D eigenvalue weighted by molar-refractivity contribution is 0.102. The highest BCUT2D eigenvalue weighted by Gasteiger charge is 2.28. The van der Waals surface area contributed by atoms with Crippen LogP contribution in [-0.2, 0) is 10.0 Å². The Bertz CT molecular complexity index is 881. The fraction of sp³-hybridized carbons (Fsp3) is 0.188. The van der Waals surface area contributed by atoms with Gasteiger partial charge >= 0.3 is 0 Å². The predicted molar refractivity (Wildman–Crippen MR) is 93.3 cm³/mol. The molecule has 0 saturated carbocycles. The zero-order valence-corrected chi connectivity index (χ0v) is 14.1. The second kappa shape index (κ2) is 6.33. The standard InChI is InChI=1S/C16H15ClN2O4S/c17-11-2-7-15(20)14(10-11)16(21)18-12-3-5-13(6-4-12)19-8-1-9-24(19,22)23/h2-7,10,20H,1,8-9H2,(H,18,21). The van der Waals surface area contributed by atoms with Crippen molar-refractivity contribution < 1.29 is 18.3 Å². The van der Waals surface area contributed by atoms with Gasteiger partial charge in [0.2, 0.25) is 10.0 Å². The summed E-state index contributed by atoms with van der Waals surface area (Å²) in [4.78, 5) is 12.2. The molecule has 0 bridgehead atoms. The third-order valence-corrected chi connectivity index (χ3v) is 5.82. The first-order valence-electron chi connectivity index (χ1n) is 7.27. The summed E-state index contributed by atoms with van der Waals surface area (Å²) in [5.74, 6) is -0.521. The normalized spacial score (nSPS) is 16.1. The lowest BCUT2D eigenvalue weighted by Gasteiger charge is -2.17. The number of phenolic OH excluding ortho intramolecular Hbond substituents is 1. The molecule has 24 heavy (non-hydrogen) atoms. The van der Waals surface area contributed by atoms with Gasteiger partial charge in [-0.25, -0.2) is 8.42 Å². The smallest absolute Gasteiger partial charge is 0.259 e. The van der Waals surface area contributed by atoms with E-state index in [1.54, 1.807) is 24.3 Å². The number of hydrogen-bond donors (Lipinski definition) is 2. The van der Waals surface area contributed by atoms with E-state index in [1.807, 2.05) is 0 Å². The number of benzene rings is 2. The molecule has 0 aliphatic carbocycles. The Morgan fingerprint density at radius 3 is 2.50 bits per heavy atom. The Morgan fingerprint density at radius 2 is 1.88 bits per heavy atom. The molecule has 1 heterocycles. The van der Waals surface area contributed by atoms with Crippen LogP contribution >= 0.6 is 11.6 Å². The monoisotopic (exact) mass is 366 g/mol. The number of anilines is 2. The van der Waals surface area contributed by atoms with E-state index in [1.165, 1.54) is 22.5 Å². The van der Waals surface area contributed by atoms with Gasteiger partial charge in [0.1, 0.15) is 5.75 Å². The Morgan fingerprint density at radius 1 is 1.17 bits per heavy atom. The summed E-state index contributed by atoms with van der Waals surface area (Å²) in [5, 5.41) is 12.7. The van der Waals surface area contributed by atoms with E-state index >= 15 is 0 Å². The second-order valence-electron chi connectivity index (χ2n) is 5.40. The molecule has 2 aromatic carbocycles. The van der Waals surface area contributed by atoms with Gasteiger partial charge in [-0.2, -0.15) is 0 Å². The maximum atomic E-state index is 12.2. The van der Waals surface area contributed by atoms with Gasteiger partial charge in [0, 0.05) is 17.3 Å². The van der Waals surface area contributed by atoms with E-state index in [2.05, 4.69) is 5.32 Å². The van der Waals surface area contributed by atoms with Gasteiger partial charge in [0.05, 0.1) is 17.0 Å². The Labute approximate surface area is 144 Å². The molecule has 2 N–H and O–H groups in total. The SMILES string of the molecule is O=C(Nc1ccc(N2CCCS2(=O)=O)cc1)c1cc(Cl)ccc1O. The summed E-state index contributed by atoms with van der Waals surface area (Å²) in [6, 6.07) is 10.7. The zero-order chi connectivity index (χ0) is 17.3. The van der Waals surface area contributed by atoms with Crippen LogP contribution in [0.3, 0.4) is 0 Å². The van der Waals surface area contributed by atoms with E-state index in [0.29, 0.717) is 29.4 Å². The molecule has 2 aromatic rings. The van der Waals surface area contributed by atoms with Crippen molar-refractivity contribution in [2.75, 3.05) is 21.9 Å². The van der Waals surface area contributed by atoms with Crippen molar-refractivity contribution in [1.82, 2.24) is 0 Å². The molecule has 126 valence electrons. The van der Waals surface area contributed by atoms with Crippen LogP contribution in [0.25, 0.3) is 0 Å². The molecule has 6 nitrogen and oxygen atoms in total. The van der Waals surface area contributed by atoms with Crippen molar-refractivity contribution in [2.24, 2.45) is 0 Å². The molecule has 0 radical (unpaired) electrons. The van der Waals surface area contributed by atoms with Crippen molar-refractivity contribution in [3.63, 3.8) is 0 Å². The average molecular weight is 367 g/mol. The van der Waals surface area contributed by atoms with Gasteiger partial charge in [0.15, 0.2) is 0 Å². The number of nitrogens with one attached hydrogen (secondary N) is 1. The van der Waals surface area contributed by atoms with Crippen LogP contribution in [0.2, 0.25) is 5.02 Å². The van der Waals surface area contributed by atoms with Crippen LogP contribution in [-0.4, -0.2) is 31.7 Å². The minimum atomic E-state index is -3.23. The number of hydrogen-bond acceptors (Lipinski definition) is 4. The highest BCUT2D eigenvalue weighted by atomic mass is 35.5. The van der Waals surface area contributed by atoms with E-state index in [9.17, 15) is 18.3 Å². The number of sulfonamides is 1. The van der Waals surface area contributed by atoms with Crippen LogP contribution in [0.15, 0.2) is 42.5 Å². The minimum Gasteiger partial charge on any atom is -0.507 e. The van der Waals surface area contributed by atoms with Gasteiger partial charge in [0.25, 0.3) is 5.91 Å². The van der Waals surface area contributed by atoms with Crippen molar-refractivity contribution >= 4 is 38.9 Å². The molecular formula is C16H15ClN2O4S. The maximum absolute atomic E-state index is 12.2. The molecule has 0 unspecified atom stereocenters. The number of amides is 1. The summed E-state index contributed by atoms with van der Waals surface area (Å²) in [6.07, 6.45) is 0.606. The van der Waals surface area contributed by atoms with E-state index < -0.39 is 15.9 Å². The highest BCUT2D eigenvalue weighted by Crippen LogP contribution is 2.26. The van der Waals surface area contributed by atoms with Gasteiger partial charge in [-0.05, 0) is 48.9 Å². The lowest BCUT2D eigenvalue weighted by Crippen LogP contribution is -2.25. The lowest BCUT2D eigenvalue weighted by atomic mass is 10.2. The number of carbonyl (C=O) groups is 1. The van der Waals surface area contributed by atoms with Crippen LogP contribution in [0.4, 0.5) is 11.4 Å². The molecule has 0 aromatic heterocycles. The fourth-order valence-electron chi connectivity index (χ4n) is 2.53. The van der Waals surface area contributed by atoms with E-state index in [-0.39, 0.29) is 17.1 Å². The van der Waals surface area contributed by atoms with Crippen LogP contribution in [0, 0.1) is 0 Å². The van der Waals surface area contributed by atoms with Crippen LogP contribution in [0.5, 0.6) is 5.75 Å². The van der Waals surface area contributed by atoms with Crippen LogP contribution in [0.1, 0.15) is 16.8 Å². The van der Waals surface area contributed by atoms with Gasteiger partial charge < -0.3 is 10.4 Å². The molecule has 8 heteroatoms. The number of aromatic hydroxyl groups is 1. The van der Waals surface area contributed by atoms with Gasteiger partial charge in [-0.15, -0.1) is 0 Å². The summed E-state index contributed by atoms with van der Waals surface area (Å²) in [6.45, 7) is 0.463. The first-order chi connectivity index (χ1) is 11.4. The first-order valence-corrected chi connectivity index (χ1v) is 9.26. The molecule has 1 aliphatic heterocycles. The Kier molecular flexibility index (Phi) is 4.38. The second-order valence-corrected chi connectivity index (χ2v) is 7.85. The van der Waals surface area contributed by atoms with Crippen LogP contribution < -0.4 is 9.62 Å². The zero-order valence-electron chi connectivity index (χ0n) is 12.6. The third kappa shape index (κ3) is 3.32. The topological polar surface area (TPSA) is 86.7 Å². The van der Waals surface area contributed by atoms with E-state index in [0.717, 1.165) is 0 Å². The molecule has 0 spiro atoms. The number of carbonyl (C=O) groups excluding carboxylic acids is 1. The quantitative estimate of drug-likeness (QED) is 0.874. The fourth-order valence-corrected chi connectivity index (χ4v) is 4.27.